The molecule has 6 heteroatoms. The number of hydrogen-bond donors (Lipinski definition) is 2. The van der Waals surface area contributed by atoms with Gasteiger partial charge in [-0.2, -0.15) is 0 Å². The molecule has 1 aromatic carbocycles. The van der Waals surface area contributed by atoms with Crippen molar-refractivity contribution in [2.24, 2.45) is 0 Å². The van der Waals surface area contributed by atoms with E-state index in [1.165, 1.54) is 24.5 Å². The maximum Gasteiger partial charge on any atom is 0.253 e. The van der Waals surface area contributed by atoms with Crippen molar-refractivity contribution in [1.82, 2.24) is 10.3 Å². The van der Waals surface area contributed by atoms with Crippen molar-refractivity contribution in [3.05, 3.63) is 59.4 Å². The van der Waals surface area contributed by atoms with Crippen LogP contribution in [0.4, 0.5) is 8.78 Å². The van der Waals surface area contributed by atoms with E-state index in [-0.39, 0.29) is 23.4 Å². The van der Waals surface area contributed by atoms with Gasteiger partial charge in [-0.1, -0.05) is 6.07 Å². The highest BCUT2D eigenvalue weighted by Gasteiger charge is 2.09. The molecule has 2 rings (SSSR count). The van der Waals surface area contributed by atoms with Crippen molar-refractivity contribution in [3.63, 3.8) is 0 Å². The van der Waals surface area contributed by atoms with Crippen LogP contribution in [-0.4, -0.2) is 16.0 Å². The minimum atomic E-state index is -0.727. The second-order valence-electron chi connectivity index (χ2n) is 3.85. The molecule has 0 spiro atoms. The zero-order valence-electron chi connectivity index (χ0n) is 9.73. The Morgan fingerprint density at radius 3 is 2.74 bits per heavy atom. The van der Waals surface area contributed by atoms with Crippen LogP contribution < -0.4 is 5.32 Å². The molecule has 0 atom stereocenters. The molecule has 0 aliphatic rings. The van der Waals surface area contributed by atoms with Gasteiger partial charge in [0.25, 0.3) is 5.91 Å². The van der Waals surface area contributed by atoms with Gasteiger partial charge in [0.15, 0.2) is 0 Å². The molecular formula is C13H10F2N2O2. The van der Waals surface area contributed by atoms with Crippen LogP contribution in [0.25, 0.3) is 0 Å². The zero-order chi connectivity index (χ0) is 13.8. The first-order valence-corrected chi connectivity index (χ1v) is 5.42. The lowest BCUT2D eigenvalue weighted by atomic mass is 10.2. The molecule has 19 heavy (non-hydrogen) atoms. The van der Waals surface area contributed by atoms with Crippen LogP contribution in [0.5, 0.6) is 5.75 Å². The normalized spacial score (nSPS) is 10.2. The van der Waals surface area contributed by atoms with Gasteiger partial charge in [0.05, 0.1) is 11.8 Å². The Morgan fingerprint density at radius 2 is 2.05 bits per heavy atom. The van der Waals surface area contributed by atoms with Crippen LogP contribution in [0, 0.1) is 11.6 Å². The first kappa shape index (κ1) is 12.9. The van der Waals surface area contributed by atoms with Crippen molar-refractivity contribution < 1.29 is 18.7 Å². The molecule has 98 valence electrons. The smallest absolute Gasteiger partial charge is 0.253 e. The van der Waals surface area contributed by atoms with Crippen molar-refractivity contribution in [2.45, 2.75) is 6.54 Å². The van der Waals surface area contributed by atoms with Gasteiger partial charge in [0.2, 0.25) is 0 Å². The summed E-state index contributed by atoms with van der Waals surface area (Å²) >= 11 is 0. The fourth-order valence-electron chi connectivity index (χ4n) is 1.49. The van der Waals surface area contributed by atoms with E-state index >= 15 is 0 Å². The van der Waals surface area contributed by atoms with E-state index < -0.39 is 17.5 Å². The molecule has 0 bridgehead atoms. The molecule has 4 nitrogen and oxygen atoms in total. The third-order valence-electron chi connectivity index (χ3n) is 2.44. The van der Waals surface area contributed by atoms with Crippen LogP contribution in [0.1, 0.15) is 15.9 Å². The Kier molecular flexibility index (Phi) is 3.70. The minimum absolute atomic E-state index is 0.0827. The molecule has 2 aromatic rings. The highest BCUT2D eigenvalue weighted by Crippen LogP contribution is 2.11. The predicted molar refractivity (Wildman–Crippen MR) is 63.4 cm³/mol. The lowest BCUT2D eigenvalue weighted by molar-refractivity contribution is 0.0950. The van der Waals surface area contributed by atoms with E-state index in [4.69, 9.17) is 0 Å². The summed E-state index contributed by atoms with van der Waals surface area (Å²) in [5.74, 6) is -2.05. The van der Waals surface area contributed by atoms with Crippen LogP contribution in [0.2, 0.25) is 0 Å². The Labute approximate surface area is 107 Å². The molecule has 0 saturated carbocycles. The van der Waals surface area contributed by atoms with Gasteiger partial charge in [0.1, 0.15) is 17.4 Å². The molecule has 1 heterocycles. The predicted octanol–water partition coefficient (Wildman–Crippen LogP) is 2.00. The Balaban J connectivity index is 2.04. The number of aromatic nitrogens is 1. The van der Waals surface area contributed by atoms with E-state index in [1.54, 1.807) is 0 Å². The summed E-state index contributed by atoms with van der Waals surface area (Å²) < 4.78 is 26.0. The fraction of sp³-hybridized carbons (Fsp3) is 0.0769. The minimum Gasteiger partial charge on any atom is -0.506 e. The number of amides is 1. The maximum atomic E-state index is 13.3. The van der Waals surface area contributed by atoms with Crippen LogP contribution in [0.3, 0.4) is 0 Å². The molecule has 0 saturated heterocycles. The second kappa shape index (κ2) is 5.43. The summed E-state index contributed by atoms with van der Waals surface area (Å²) in [6.07, 6.45) is 2.46. The summed E-state index contributed by atoms with van der Waals surface area (Å²) in [6, 6.07) is 4.35. The molecule has 1 amide bonds. The van der Waals surface area contributed by atoms with E-state index in [1.807, 2.05) is 0 Å². The highest BCUT2D eigenvalue weighted by atomic mass is 19.1. The first-order chi connectivity index (χ1) is 9.06. The van der Waals surface area contributed by atoms with E-state index in [0.29, 0.717) is 0 Å². The number of halogens is 2. The third kappa shape index (κ3) is 3.25. The standard InChI is InChI=1S/C13H10F2N2O2/c14-10-2-1-8(12(15)4-10)6-17-13(19)9-3-11(18)7-16-5-9/h1-5,7,18H,6H2,(H,17,19). The summed E-state index contributed by atoms with van der Waals surface area (Å²) in [5.41, 5.74) is 0.324. The van der Waals surface area contributed by atoms with E-state index in [2.05, 4.69) is 10.3 Å². The SMILES string of the molecule is O=C(NCc1ccc(F)cc1F)c1cncc(O)c1. The topological polar surface area (TPSA) is 62.2 Å². The number of aromatic hydroxyl groups is 1. The van der Waals surface area contributed by atoms with Gasteiger partial charge in [-0.15, -0.1) is 0 Å². The van der Waals surface area contributed by atoms with Gasteiger partial charge < -0.3 is 10.4 Å². The molecule has 0 aliphatic heterocycles. The highest BCUT2D eigenvalue weighted by molar-refractivity contribution is 5.94. The molecular weight excluding hydrogens is 254 g/mol. The van der Waals surface area contributed by atoms with Gasteiger partial charge in [-0.3, -0.25) is 9.78 Å². The number of benzene rings is 1. The van der Waals surface area contributed by atoms with Crippen molar-refractivity contribution in [3.8, 4) is 5.75 Å². The number of hydrogen-bond acceptors (Lipinski definition) is 3. The lowest BCUT2D eigenvalue weighted by Gasteiger charge is -2.06. The number of nitrogens with one attached hydrogen (secondary N) is 1. The Hall–Kier alpha value is -2.50. The molecule has 0 aliphatic carbocycles. The number of rotatable bonds is 3. The average Bonchev–Trinajstić information content (AvgIpc) is 2.37. The molecule has 0 fully saturated rings. The van der Waals surface area contributed by atoms with Crippen LogP contribution >= 0.6 is 0 Å². The molecule has 1 aromatic heterocycles. The van der Waals surface area contributed by atoms with Crippen LogP contribution in [0.15, 0.2) is 36.7 Å². The Bertz CT molecular complexity index is 617. The second-order valence-corrected chi connectivity index (χ2v) is 3.85. The Morgan fingerprint density at radius 1 is 1.26 bits per heavy atom. The number of carbonyl (C=O) groups is 1. The average molecular weight is 264 g/mol. The summed E-state index contributed by atoms with van der Waals surface area (Å²) in [4.78, 5) is 15.3. The molecule has 0 radical (unpaired) electrons. The number of carbonyl (C=O) groups excluding carboxylic acids is 1. The fourth-order valence-corrected chi connectivity index (χ4v) is 1.49. The zero-order valence-corrected chi connectivity index (χ0v) is 9.73. The molecule has 2 N–H and O–H groups in total. The summed E-state index contributed by atoms with van der Waals surface area (Å²) in [7, 11) is 0. The van der Waals surface area contributed by atoms with E-state index in [0.717, 1.165) is 12.1 Å². The number of nitrogens with zero attached hydrogens (tertiary/aromatic N) is 1. The lowest BCUT2D eigenvalue weighted by Crippen LogP contribution is -2.23. The van der Waals surface area contributed by atoms with Crippen molar-refractivity contribution >= 4 is 5.91 Å². The maximum absolute atomic E-state index is 13.3. The van der Waals surface area contributed by atoms with Gasteiger partial charge in [-0.05, 0) is 12.1 Å². The van der Waals surface area contributed by atoms with Gasteiger partial charge >= 0.3 is 0 Å². The largest absolute Gasteiger partial charge is 0.506 e. The first-order valence-electron chi connectivity index (χ1n) is 5.42. The monoisotopic (exact) mass is 264 g/mol. The quantitative estimate of drug-likeness (QED) is 0.891. The van der Waals surface area contributed by atoms with Crippen molar-refractivity contribution in [2.75, 3.05) is 0 Å². The van der Waals surface area contributed by atoms with Crippen LogP contribution in [-0.2, 0) is 6.54 Å². The van der Waals surface area contributed by atoms with Gasteiger partial charge in [-0.25, -0.2) is 8.78 Å². The molecule has 0 unspecified atom stereocenters. The van der Waals surface area contributed by atoms with E-state index in [9.17, 15) is 18.7 Å². The number of pyridine rings is 1. The van der Waals surface area contributed by atoms with Crippen molar-refractivity contribution in [1.29, 1.82) is 0 Å². The van der Waals surface area contributed by atoms with Gasteiger partial charge in [0, 0.05) is 24.4 Å². The summed E-state index contributed by atoms with van der Waals surface area (Å²) in [6.45, 7) is -0.0827. The third-order valence-corrected chi connectivity index (χ3v) is 2.44. The summed E-state index contributed by atoms with van der Waals surface area (Å²) in [5, 5.41) is 11.6.